The molecule has 2 aromatic rings. The lowest BCUT2D eigenvalue weighted by Crippen LogP contribution is -1.86. The van der Waals surface area contributed by atoms with Crippen molar-refractivity contribution in [3.05, 3.63) is 48.4 Å². The van der Waals surface area contributed by atoms with Gasteiger partial charge in [-0.15, -0.1) is 0 Å². The van der Waals surface area contributed by atoms with E-state index in [9.17, 15) is 4.79 Å². The second-order valence-electron chi connectivity index (χ2n) is 2.83. The molecule has 0 aliphatic rings. The molecule has 0 atom stereocenters. The number of carbonyl (C=O) groups is 1. The molecule has 0 saturated heterocycles. The summed E-state index contributed by atoms with van der Waals surface area (Å²) in [6, 6.07) is 7.15. The van der Waals surface area contributed by atoms with Crippen LogP contribution in [0.3, 0.4) is 0 Å². The normalized spacial score (nSPS) is 9.71. The zero-order valence-electron chi connectivity index (χ0n) is 7.42. The van der Waals surface area contributed by atoms with Crippen LogP contribution in [-0.2, 0) is 0 Å². The van der Waals surface area contributed by atoms with Crippen LogP contribution in [0.2, 0.25) is 0 Å². The molecule has 2 rings (SSSR count). The maximum absolute atomic E-state index is 10.5. The van der Waals surface area contributed by atoms with E-state index in [4.69, 9.17) is 0 Å². The molecule has 0 aliphatic heterocycles. The number of pyridine rings is 2. The SMILES string of the molecule is O=Cc1ccnc(-c2ccncc2)c1. The zero-order valence-corrected chi connectivity index (χ0v) is 7.42. The van der Waals surface area contributed by atoms with Gasteiger partial charge in [0.25, 0.3) is 0 Å². The van der Waals surface area contributed by atoms with Crippen LogP contribution in [0.15, 0.2) is 42.9 Å². The summed E-state index contributed by atoms with van der Waals surface area (Å²) in [7, 11) is 0. The quantitative estimate of drug-likeness (QED) is 0.670. The fourth-order valence-electron chi connectivity index (χ4n) is 1.20. The van der Waals surface area contributed by atoms with Gasteiger partial charge in [0.15, 0.2) is 0 Å². The van der Waals surface area contributed by atoms with Gasteiger partial charge in [0, 0.05) is 29.7 Å². The second-order valence-corrected chi connectivity index (χ2v) is 2.83. The molecular weight excluding hydrogens is 176 g/mol. The van der Waals surface area contributed by atoms with Gasteiger partial charge in [0.1, 0.15) is 6.29 Å². The van der Waals surface area contributed by atoms with Crippen molar-refractivity contribution in [2.75, 3.05) is 0 Å². The topological polar surface area (TPSA) is 42.9 Å². The van der Waals surface area contributed by atoms with Gasteiger partial charge >= 0.3 is 0 Å². The van der Waals surface area contributed by atoms with Crippen LogP contribution in [-0.4, -0.2) is 16.3 Å². The number of hydrogen-bond acceptors (Lipinski definition) is 3. The van der Waals surface area contributed by atoms with Crippen LogP contribution in [0.4, 0.5) is 0 Å². The minimum Gasteiger partial charge on any atom is -0.298 e. The third kappa shape index (κ3) is 1.66. The predicted molar refractivity (Wildman–Crippen MR) is 52.9 cm³/mol. The molecule has 0 amide bonds. The van der Waals surface area contributed by atoms with Crippen molar-refractivity contribution in [3.63, 3.8) is 0 Å². The first-order valence-electron chi connectivity index (χ1n) is 4.22. The van der Waals surface area contributed by atoms with E-state index in [0.29, 0.717) is 5.56 Å². The van der Waals surface area contributed by atoms with Crippen molar-refractivity contribution in [1.29, 1.82) is 0 Å². The summed E-state index contributed by atoms with van der Waals surface area (Å²) < 4.78 is 0. The Morgan fingerprint density at radius 2 is 1.86 bits per heavy atom. The van der Waals surface area contributed by atoms with Gasteiger partial charge in [-0.1, -0.05) is 0 Å². The second kappa shape index (κ2) is 3.79. The number of aldehydes is 1. The summed E-state index contributed by atoms with van der Waals surface area (Å²) >= 11 is 0. The molecular formula is C11H8N2O. The lowest BCUT2D eigenvalue weighted by molar-refractivity contribution is 0.112. The Bertz CT molecular complexity index is 440. The van der Waals surface area contributed by atoms with Crippen LogP contribution < -0.4 is 0 Å². The fraction of sp³-hybridized carbons (Fsp3) is 0. The number of nitrogens with zero attached hydrogens (tertiary/aromatic N) is 2. The predicted octanol–water partition coefficient (Wildman–Crippen LogP) is 1.96. The van der Waals surface area contributed by atoms with E-state index in [2.05, 4.69) is 9.97 Å². The molecule has 0 bridgehead atoms. The molecule has 3 nitrogen and oxygen atoms in total. The molecule has 0 unspecified atom stereocenters. The number of carbonyl (C=O) groups excluding carboxylic acids is 1. The summed E-state index contributed by atoms with van der Waals surface area (Å²) in [5.41, 5.74) is 2.38. The van der Waals surface area contributed by atoms with E-state index in [-0.39, 0.29) is 0 Å². The van der Waals surface area contributed by atoms with Crippen LogP contribution >= 0.6 is 0 Å². The van der Waals surface area contributed by atoms with E-state index < -0.39 is 0 Å². The van der Waals surface area contributed by atoms with Crippen LogP contribution in [0.1, 0.15) is 10.4 Å². The highest BCUT2D eigenvalue weighted by atomic mass is 16.1. The van der Waals surface area contributed by atoms with Crippen molar-refractivity contribution in [2.45, 2.75) is 0 Å². The number of rotatable bonds is 2. The molecule has 0 aliphatic carbocycles. The van der Waals surface area contributed by atoms with E-state index in [1.165, 1.54) is 0 Å². The van der Waals surface area contributed by atoms with Crippen molar-refractivity contribution in [3.8, 4) is 11.3 Å². The van der Waals surface area contributed by atoms with Gasteiger partial charge in [0.05, 0.1) is 5.69 Å². The molecule has 14 heavy (non-hydrogen) atoms. The van der Waals surface area contributed by atoms with E-state index >= 15 is 0 Å². The van der Waals surface area contributed by atoms with Crippen molar-refractivity contribution >= 4 is 6.29 Å². The van der Waals surface area contributed by atoms with Gasteiger partial charge in [-0.25, -0.2) is 0 Å². The molecule has 2 aromatic heterocycles. The lowest BCUT2D eigenvalue weighted by atomic mass is 10.1. The Labute approximate surface area is 81.5 Å². The first-order chi connectivity index (χ1) is 6.90. The highest BCUT2D eigenvalue weighted by molar-refractivity contribution is 5.77. The molecule has 3 heteroatoms. The van der Waals surface area contributed by atoms with Crippen molar-refractivity contribution in [2.24, 2.45) is 0 Å². The van der Waals surface area contributed by atoms with Crippen molar-refractivity contribution in [1.82, 2.24) is 9.97 Å². The maximum Gasteiger partial charge on any atom is 0.150 e. The van der Waals surface area contributed by atoms with Gasteiger partial charge < -0.3 is 0 Å². The third-order valence-corrected chi connectivity index (χ3v) is 1.90. The molecule has 0 radical (unpaired) electrons. The summed E-state index contributed by atoms with van der Waals surface area (Å²) in [6.07, 6.45) is 5.83. The standard InChI is InChI=1S/C11H8N2O/c14-8-9-1-6-13-11(7-9)10-2-4-12-5-3-10/h1-8H. The van der Waals surface area contributed by atoms with E-state index in [1.54, 1.807) is 30.7 Å². The smallest absolute Gasteiger partial charge is 0.150 e. The summed E-state index contributed by atoms with van der Waals surface area (Å²) in [5.74, 6) is 0. The minimum absolute atomic E-state index is 0.631. The van der Waals surface area contributed by atoms with Gasteiger partial charge in [0.2, 0.25) is 0 Å². The zero-order chi connectivity index (χ0) is 9.80. The fourth-order valence-corrected chi connectivity index (χ4v) is 1.20. The molecule has 0 spiro atoms. The maximum atomic E-state index is 10.5. The largest absolute Gasteiger partial charge is 0.298 e. The van der Waals surface area contributed by atoms with Crippen LogP contribution in [0.5, 0.6) is 0 Å². The van der Waals surface area contributed by atoms with Gasteiger partial charge in [-0.3, -0.25) is 14.8 Å². The summed E-state index contributed by atoms with van der Waals surface area (Å²) in [6.45, 7) is 0. The molecule has 0 saturated carbocycles. The average molecular weight is 184 g/mol. The Morgan fingerprint density at radius 1 is 1.07 bits per heavy atom. The highest BCUT2D eigenvalue weighted by Crippen LogP contribution is 2.15. The average Bonchev–Trinajstić information content (AvgIpc) is 2.30. The van der Waals surface area contributed by atoms with E-state index in [0.717, 1.165) is 17.5 Å². The van der Waals surface area contributed by atoms with Gasteiger partial charge in [-0.05, 0) is 24.3 Å². The third-order valence-electron chi connectivity index (χ3n) is 1.90. The van der Waals surface area contributed by atoms with E-state index in [1.807, 2.05) is 12.1 Å². The Balaban J connectivity index is 2.47. The number of hydrogen-bond donors (Lipinski definition) is 0. The Kier molecular flexibility index (Phi) is 2.32. The highest BCUT2D eigenvalue weighted by Gasteiger charge is 1.98. The monoisotopic (exact) mass is 184 g/mol. The van der Waals surface area contributed by atoms with Crippen LogP contribution in [0.25, 0.3) is 11.3 Å². The number of aromatic nitrogens is 2. The molecule has 2 heterocycles. The minimum atomic E-state index is 0.631. The van der Waals surface area contributed by atoms with Crippen LogP contribution in [0, 0.1) is 0 Å². The van der Waals surface area contributed by atoms with Gasteiger partial charge in [-0.2, -0.15) is 0 Å². The first-order valence-corrected chi connectivity index (χ1v) is 4.22. The molecule has 0 N–H and O–H groups in total. The molecule has 0 fully saturated rings. The lowest BCUT2D eigenvalue weighted by Gasteiger charge is -1.99. The van der Waals surface area contributed by atoms with Crippen molar-refractivity contribution < 1.29 is 4.79 Å². The Hall–Kier alpha value is -2.03. The summed E-state index contributed by atoms with van der Waals surface area (Å²) in [4.78, 5) is 18.6. The first kappa shape index (κ1) is 8.56. The Morgan fingerprint density at radius 3 is 2.57 bits per heavy atom. The summed E-state index contributed by atoms with van der Waals surface area (Å²) in [5, 5.41) is 0. The molecule has 0 aromatic carbocycles. The molecule has 68 valence electrons.